The maximum atomic E-state index is 12.4. The highest BCUT2D eigenvalue weighted by atomic mass is 16.5. The van der Waals surface area contributed by atoms with Crippen molar-refractivity contribution >= 4 is 23.3 Å². The molecule has 2 N–H and O–H groups in total. The highest BCUT2D eigenvalue weighted by Crippen LogP contribution is 2.21. The molecule has 0 aliphatic rings. The zero-order chi connectivity index (χ0) is 18.9. The maximum Gasteiger partial charge on any atom is 0.321 e. The highest BCUT2D eigenvalue weighted by Gasteiger charge is 2.11. The molecule has 0 radical (unpaired) electrons. The Morgan fingerprint density at radius 2 is 1.81 bits per heavy atom. The predicted molar refractivity (Wildman–Crippen MR) is 104 cm³/mol. The molecule has 0 aliphatic heterocycles. The summed E-state index contributed by atoms with van der Waals surface area (Å²) in [6, 6.07) is 14.7. The molecule has 0 heterocycles. The summed E-state index contributed by atoms with van der Waals surface area (Å²) in [6.07, 6.45) is 0.403. The number of hydrogen-bond acceptors (Lipinski definition) is 3. The molecule has 3 amide bonds. The molecule has 26 heavy (non-hydrogen) atoms. The van der Waals surface area contributed by atoms with Crippen molar-refractivity contribution in [2.24, 2.45) is 0 Å². The summed E-state index contributed by atoms with van der Waals surface area (Å²) in [5.74, 6) is 0.706. The van der Waals surface area contributed by atoms with E-state index in [1.807, 2.05) is 49.4 Å². The fourth-order valence-electron chi connectivity index (χ4n) is 2.21. The van der Waals surface area contributed by atoms with Gasteiger partial charge in [0.1, 0.15) is 12.4 Å². The number of anilines is 2. The smallest absolute Gasteiger partial charge is 0.321 e. The normalized spacial score (nSPS) is 10.1. The number of amides is 3. The van der Waals surface area contributed by atoms with Crippen LogP contribution < -0.4 is 15.4 Å². The average Bonchev–Trinajstić information content (AvgIpc) is 2.65. The van der Waals surface area contributed by atoms with Crippen molar-refractivity contribution in [2.45, 2.75) is 20.3 Å². The summed E-state index contributed by atoms with van der Waals surface area (Å²) in [5, 5.41) is 5.66. The minimum Gasteiger partial charge on any atom is -0.492 e. The number of likely N-dealkylation sites (N-methyl/N-ethyl adjacent to an activating group) is 1. The second-order valence-electron chi connectivity index (χ2n) is 5.94. The standard InChI is InChI=1S/C20H25N3O3/c1-4-19(24)21-16-11-10-15(2)18(14-16)22-20(25)23(3)12-13-26-17-8-6-5-7-9-17/h5-11,14H,4,12-13H2,1-3H3,(H,21,24)(H,22,25). The van der Waals surface area contributed by atoms with Gasteiger partial charge in [0.25, 0.3) is 0 Å². The first-order valence-electron chi connectivity index (χ1n) is 8.60. The molecule has 6 nitrogen and oxygen atoms in total. The summed E-state index contributed by atoms with van der Waals surface area (Å²) in [4.78, 5) is 25.4. The molecule has 0 aliphatic carbocycles. The maximum absolute atomic E-state index is 12.4. The number of carbonyl (C=O) groups excluding carboxylic acids is 2. The molecule has 2 aromatic rings. The van der Waals surface area contributed by atoms with Crippen molar-refractivity contribution in [3.05, 3.63) is 54.1 Å². The number of hydrogen-bond donors (Lipinski definition) is 2. The van der Waals surface area contributed by atoms with Crippen molar-refractivity contribution in [1.82, 2.24) is 4.90 Å². The van der Waals surface area contributed by atoms with E-state index in [-0.39, 0.29) is 11.9 Å². The molecule has 2 rings (SSSR count). The quantitative estimate of drug-likeness (QED) is 0.792. The largest absolute Gasteiger partial charge is 0.492 e. The summed E-state index contributed by atoms with van der Waals surface area (Å²) in [7, 11) is 1.71. The molecule has 0 bridgehead atoms. The van der Waals surface area contributed by atoms with Gasteiger partial charge in [-0.05, 0) is 36.8 Å². The average molecular weight is 355 g/mol. The molecule has 0 fully saturated rings. The lowest BCUT2D eigenvalue weighted by Gasteiger charge is -2.19. The molecule has 0 atom stereocenters. The Morgan fingerprint density at radius 3 is 2.50 bits per heavy atom. The summed E-state index contributed by atoms with van der Waals surface area (Å²) in [5.41, 5.74) is 2.24. The Kier molecular flexibility index (Phi) is 7.02. The van der Waals surface area contributed by atoms with Crippen LogP contribution in [0.15, 0.2) is 48.5 Å². The number of carbonyl (C=O) groups is 2. The molecule has 0 aromatic heterocycles. The number of urea groups is 1. The summed E-state index contributed by atoms with van der Waals surface area (Å²) >= 11 is 0. The minimum atomic E-state index is -0.233. The summed E-state index contributed by atoms with van der Waals surface area (Å²) < 4.78 is 5.61. The Bertz CT molecular complexity index is 747. The van der Waals surface area contributed by atoms with Crippen LogP contribution >= 0.6 is 0 Å². The molecule has 0 saturated heterocycles. The van der Waals surface area contributed by atoms with Gasteiger partial charge in [-0.25, -0.2) is 4.79 Å². The number of para-hydroxylation sites is 1. The van der Waals surface area contributed by atoms with E-state index >= 15 is 0 Å². The number of benzene rings is 2. The Balaban J connectivity index is 1.89. The third kappa shape index (κ3) is 5.81. The van der Waals surface area contributed by atoms with Gasteiger partial charge in [0.2, 0.25) is 5.91 Å². The van der Waals surface area contributed by atoms with E-state index in [1.165, 1.54) is 0 Å². The van der Waals surface area contributed by atoms with E-state index in [9.17, 15) is 9.59 Å². The lowest BCUT2D eigenvalue weighted by atomic mass is 10.1. The number of aryl methyl sites for hydroxylation is 1. The first-order chi connectivity index (χ1) is 12.5. The molecule has 2 aromatic carbocycles. The molecule has 0 saturated carbocycles. The Labute approximate surface area is 154 Å². The van der Waals surface area contributed by atoms with Crippen LogP contribution in [0.1, 0.15) is 18.9 Å². The van der Waals surface area contributed by atoms with Crippen LogP contribution in [-0.4, -0.2) is 37.0 Å². The van der Waals surface area contributed by atoms with Crippen molar-refractivity contribution in [3.63, 3.8) is 0 Å². The van der Waals surface area contributed by atoms with Gasteiger partial charge in [0.05, 0.1) is 6.54 Å². The van der Waals surface area contributed by atoms with E-state index in [0.717, 1.165) is 11.3 Å². The molecule has 138 valence electrons. The fraction of sp³-hybridized carbons (Fsp3) is 0.300. The summed E-state index contributed by atoms with van der Waals surface area (Å²) in [6.45, 7) is 4.55. The van der Waals surface area contributed by atoms with Gasteiger partial charge in [0.15, 0.2) is 0 Å². The van der Waals surface area contributed by atoms with Crippen molar-refractivity contribution in [3.8, 4) is 5.75 Å². The first kappa shape index (κ1) is 19.3. The van der Waals surface area contributed by atoms with E-state index < -0.39 is 0 Å². The monoisotopic (exact) mass is 355 g/mol. The number of nitrogens with zero attached hydrogens (tertiary/aromatic N) is 1. The molecule has 6 heteroatoms. The van der Waals surface area contributed by atoms with Gasteiger partial charge in [-0.2, -0.15) is 0 Å². The minimum absolute atomic E-state index is 0.0682. The predicted octanol–water partition coefficient (Wildman–Crippen LogP) is 3.89. The van der Waals surface area contributed by atoms with Crippen LogP contribution in [0.3, 0.4) is 0 Å². The Morgan fingerprint density at radius 1 is 1.08 bits per heavy atom. The molecular weight excluding hydrogens is 330 g/mol. The zero-order valence-corrected chi connectivity index (χ0v) is 15.4. The van der Waals surface area contributed by atoms with Crippen LogP contribution in [0, 0.1) is 6.92 Å². The lowest BCUT2D eigenvalue weighted by Crippen LogP contribution is -2.34. The van der Waals surface area contributed by atoms with E-state index in [1.54, 1.807) is 24.9 Å². The van der Waals surface area contributed by atoms with Crippen LogP contribution in [0.4, 0.5) is 16.2 Å². The second-order valence-corrected chi connectivity index (χ2v) is 5.94. The SMILES string of the molecule is CCC(=O)Nc1ccc(C)c(NC(=O)N(C)CCOc2ccccc2)c1. The first-order valence-corrected chi connectivity index (χ1v) is 8.60. The van der Waals surface area contributed by atoms with Crippen molar-refractivity contribution in [1.29, 1.82) is 0 Å². The highest BCUT2D eigenvalue weighted by molar-refractivity contribution is 5.94. The van der Waals surface area contributed by atoms with Crippen LogP contribution in [0.2, 0.25) is 0 Å². The number of ether oxygens (including phenoxy) is 1. The fourth-order valence-corrected chi connectivity index (χ4v) is 2.21. The van der Waals surface area contributed by atoms with Crippen LogP contribution in [0.5, 0.6) is 5.75 Å². The second kappa shape index (κ2) is 9.46. The topological polar surface area (TPSA) is 70.7 Å². The lowest BCUT2D eigenvalue weighted by molar-refractivity contribution is -0.115. The van der Waals surface area contributed by atoms with Gasteiger partial charge < -0.3 is 20.3 Å². The van der Waals surface area contributed by atoms with Gasteiger partial charge in [-0.15, -0.1) is 0 Å². The van der Waals surface area contributed by atoms with Crippen molar-refractivity contribution < 1.29 is 14.3 Å². The van der Waals surface area contributed by atoms with E-state index in [2.05, 4.69) is 10.6 Å². The Hall–Kier alpha value is -3.02. The van der Waals surface area contributed by atoms with Gasteiger partial charge >= 0.3 is 6.03 Å². The number of rotatable bonds is 7. The molecular formula is C20H25N3O3. The zero-order valence-electron chi connectivity index (χ0n) is 15.4. The van der Waals surface area contributed by atoms with E-state index in [4.69, 9.17) is 4.74 Å². The molecule has 0 unspecified atom stereocenters. The van der Waals surface area contributed by atoms with E-state index in [0.29, 0.717) is 30.9 Å². The van der Waals surface area contributed by atoms with Crippen LogP contribution in [-0.2, 0) is 4.79 Å². The number of nitrogens with one attached hydrogen (secondary N) is 2. The third-order valence-corrected chi connectivity index (χ3v) is 3.87. The third-order valence-electron chi connectivity index (χ3n) is 3.87. The van der Waals surface area contributed by atoms with Crippen LogP contribution in [0.25, 0.3) is 0 Å². The van der Waals surface area contributed by atoms with Gasteiger partial charge in [-0.1, -0.05) is 31.2 Å². The van der Waals surface area contributed by atoms with Gasteiger partial charge in [0, 0.05) is 24.8 Å². The van der Waals surface area contributed by atoms with Crippen molar-refractivity contribution in [2.75, 3.05) is 30.8 Å². The van der Waals surface area contributed by atoms with Gasteiger partial charge in [-0.3, -0.25) is 4.79 Å². The molecule has 0 spiro atoms.